The fraction of sp³-hybridized carbons (Fsp3) is 1.00. The summed E-state index contributed by atoms with van der Waals surface area (Å²) in [7, 11) is 0. The molecule has 5 fully saturated rings. The van der Waals surface area contributed by atoms with Gasteiger partial charge in [-0.15, -0.1) is 0 Å². The molecule has 4 saturated carbocycles. The molecule has 4 bridgehead atoms. The molecule has 5 rings (SSSR count). The van der Waals surface area contributed by atoms with Gasteiger partial charge in [0.2, 0.25) is 0 Å². The van der Waals surface area contributed by atoms with E-state index in [-0.39, 0.29) is 0 Å². The topological polar surface area (TPSA) is 32.7 Å². The van der Waals surface area contributed by atoms with Gasteiger partial charge in [0.05, 0.1) is 13.2 Å². The Bertz CT molecular complexity index is 329. The molecule has 1 aliphatic heterocycles. The molecular weight excluding hydrogens is 262 g/mol. The minimum atomic E-state index is 0.305. The van der Waals surface area contributed by atoms with Crippen LogP contribution in [0.15, 0.2) is 0 Å². The maximum atomic E-state index is 9.45. The maximum Gasteiger partial charge on any atom is 0.0558 e. The Labute approximate surface area is 129 Å². The highest BCUT2D eigenvalue weighted by molar-refractivity contribution is 5.02. The van der Waals surface area contributed by atoms with Crippen LogP contribution in [0.5, 0.6) is 0 Å². The highest BCUT2D eigenvalue weighted by Crippen LogP contribution is 2.60. The molecule has 1 saturated heterocycles. The van der Waals surface area contributed by atoms with E-state index < -0.39 is 0 Å². The van der Waals surface area contributed by atoms with Gasteiger partial charge in [0.15, 0.2) is 0 Å². The average Bonchev–Trinajstić information content (AvgIpc) is 2.89. The smallest absolute Gasteiger partial charge is 0.0558 e. The van der Waals surface area contributed by atoms with Crippen LogP contribution in [-0.2, 0) is 4.74 Å². The Morgan fingerprint density at radius 1 is 1.05 bits per heavy atom. The zero-order chi connectivity index (χ0) is 14.3. The summed E-state index contributed by atoms with van der Waals surface area (Å²) in [6.45, 7) is 5.42. The summed E-state index contributed by atoms with van der Waals surface area (Å²) in [5, 5.41) is 9.45. The van der Waals surface area contributed by atoms with Crippen LogP contribution in [0.2, 0.25) is 0 Å². The second-order valence-electron chi connectivity index (χ2n) is 8.61. The van der Waals surface area contributed by atoms with Gasteiger partial charge < -0.3 is 14.7 Å². The number of hydrogen-bond donors (Lipinski definition) is 1. The molecule has 0 amide bonds. The number of rotatable bonds is 6. The zero-order valence-corrected chi connectivity index (χ0v) is 13.3. The van der Waals surface area contributed by atoms with E-state index in [9.17, 15) is 5.11 Å². The molecule has 5 aliphatic rings. The third kappa shape index (κ3) is 3.02. The first-order valence-corrected chi connectivity index (χ1v) is 9.16. The molecule has 3 nitrogen and oxygen atoms in total. The highest BCUT2D eigenvalue weighted by Gasteiger charge is 2.51. The molecule has 0 aromatic rings. The first-order valence-electron chi connectivity index (χ1n) is 9.16. The van der Waals surface area contributed by atoms with Crippen LogP contribution in [0.25, 0.3) is 0 Å². The molecule has 3 heteroatoms. The van der Waals surface area contributed by atoms with Crippen molar-refractivity contribution < 1.29 is 9.84 Å². The van der Waals surface area contributed by atoms with Gasteiger partial charge in [-0.2, -0.15) is 0 Å². The number of aliphatic hydroxyl groups is 1. The summed E-state index contributed by atoms with van der Waals surface area (Å²) in [6.07, 6.45) is 10.2. The van der Waals surface area contributed by atoms with Crippen LogP contribution in [0.4, 0.5) is 0 Å². The first-order chi connectivity index (χ1) is 10.2. The van der Waals surface area contributed by atoms with Crippen LogP contribution in [0.1, 0.15) is 44.9 Å². The van der Waals surface area contributed by atoms with E-state index in [1.54, 1.807) is 0 Å². The van der Waals surface area contributed by atoms with E-state index in [2.05, 4.69) is 4.90 Å². The van der Waals surface area contributed by atoms with Crippen molar-refractivity contribution >= 4 is 0 Å². The van der Waals surface area contributed by atoms with Gasteiger partial charge in [0.25, 0.3) is 0 Å². The van der Waals surface area contributed by atoms with Crippen molar-refractivity contribution in [2.24, 2.45) is 29.1 Å². The summed E-state index contributed by atoms with van der Waals surface area (Å²) in [6, 6.07) is 0. The molecule has 0 radical (unpaired) electrons. The second kappa shape index (κ2) is 5.82. The maximum absolute atomic E-state index is 9.45. The van der Waals surface area contributed by atoms with E-state index >= 15 is 0 Å². The molecule has 0 aromatic carbocycles. The van der Waals surface area contributed by atoms with Gasteiger partial charge in [0.1, 0.15) is 0 Å². The van der Waals surface area contributed by atoms with Crippen molar-refractivity contribution in [2.75, 3.05) is 39.5 Å². The van der Waals surface area contributed by atoms with Crippen LogP contribution in [0.3, 0.4) is 0 Å². The minimum Gasteiger partial charge on any atom is -0.395 e. The summed E-state index contributed by atoms with van der Waals surface area (Å²) >= 11 is 0. The summed E-state index contributed by atoms with van der Waals surface area (Å²) in [4.78, 5) is 2.58. The summed E-state index contributed by atoms with van der Waals surface area (Å²) in [5.41, 5.74) is 0.601. The Morgan fingerprint density at radius 3 is 2.24 bits per heavy atom. The number of ether oxygens (including phenoxy) is 1. The molecule has 1 N–H and O–H groups in total. The second-order valence-corrected chi connectivity index (χ2v) is 8.61. The SMILES string of the molecule is OCCN(CC1CCOC1)CC12CC3CC(CC(C3)C1)C2. The highest BCUT2D eigenvalue weighted by atomic mass is 16.5. The lowest BCUT2D eigenvalue weighted by molar-refractivity contribution is -0.0719. The lowest BCUT2D eigenvalue weighted by Crippen LogP contribution is -2.52. The quantitative estimate of drug-likeness (QED) is 0.817. The van der Waals surface area contributed by atoms with Gasteiger partial charge in [-0.3, -0.25) is 0 Å². The van der Waals surface area contributed by atoms with Crippen LogP contribution >= 0.6 is 0 Å². The predicted octanol–water partition coefficient (Wildman–Crippen LogP) is 2.53. The van der Waals surface area contributed by atoms with Crippen molar-refractivity contribution in [3.63, 3.8) is 0 Å². The Kier molecular flexibility index (Phi) is 4.01. The largest absolute Gasteiger partial charge is 0.395 e. The number of nitrogens with zero attached hydrogens (tertiary/aromatic N) is 1. The van der Waals surface area contributed by atoms with Gasteiger partial charge in [-0.25, -0.2) is 0 Å². The number of aliphatic hydroxyl groups excluding tert-OH is 1. The molecule has 1 atom stereocenters. The van der Waals surface area contributed by atoms with E-state index in [1.165, 1.54) is 51.5 Å². The van der Waals surface area contributed by atoms with Gasteiger partial charge in [-0.05, 0) is 74.0 Å². The van der Waals surface area contributed by atoms with Crippen LogP contribution in [-0.4, -0.2) is 49.5 Å². The Balaban J connectivity index is 1.42. The Hall–Kier alpha value is -0.120. The third-order valence-electron chi connectivity index (χ3n) is 6.68. The number of hydrogen-bond acceptors (Lipinski definition) is 3. The third-order valence-corrected chi connectivity index (χ3v) is 6.68. The van der Waals surface area contributed by atoms with Gasteiger partial charge in [0, 0.05) is 26.2 Å². The van der Waals surface area contributed by atoms with E-state index in [0.717, 1.165) is 44.1 Å². The van der Waals surface area contributed by atoms with E-state index in [0.29, 0.717) is 17.9 Å². The molecule has 1 unspecified atom stereocenters. The summed E-state index contributed by atoms with van der Waals surface area (Å²) < 4.78 is 5.54. The normalized spacial score (nSPS) is 44.9. The Morgan fingerprint density at radius 2 is 1.71 bits per heavy atom. The standard InChI is InChI=1S/C18H31NO2/c20-3-2-19(11-14-1-4-21-12-14)13-18-8-15-5-16(9-18)7-17(6-15)10-18/h14-17,20H,1-13H2. The van der Waals surface area contributed by atoms with Crippen molar-refractivity contribution in [3.05, 3.63) is 0 Å². The molecule has 0 aromatic heterocycles. The molecular formula is C18H31NO2. The fourth-order valence-corrected chi connectivity index (χ4v) is 6.43. The molecule has 120 valence electrons. The molecule has 1 heterocycles. The van der Waals surface area contributed by atoms with E-state index in [1.807, 2.05) is 0 Å². The van der Waals surface area contributed by atoms with Crippen LogP contribution in [0, 0.1) is 29.1 Å². The van der Waals surface area contributed by atoms with Crippen molar-refractivity contribution in [1.82, 2.24) is 4.90 Å². The van der Waals surface area contributed by atoms with Gasteiger partial charge >= 0.3 is 0 Å². The molecule has 4 aliphatic carbocycles. The molecule has 21 heavy (non-hydrogen) atoms. The van der Waals surface area contributed by atoms with Crippen molar-refractivity contribution in [3.8, 4) is 0 Å². The molecule has 0 spiro atoms. The fourth-order valence-electron chi connectivity index (χ4n) is 6.43. The minimum absolute atomic E-state index is 0.305. The van der Waals surface area contributed by atoms with Crippen molar-refractivity contribution in [2.45, 2.75) is 44.9 Å². The lowest BCUT2D eigenvalue weighted by atomic mass is 9.49. The predicted molar refractivity (Wildman–Crippen MR) is 83.1 cm³/mol. The monoisotopic (exact) mass is 293 g/mol. The summed E-state index contributed by atoms with van der Waals surface area (Å²) in [5.74, 6) is 3.79. The van der Waals surface area contributed by atoms with E-state index in [4.69, 9.17) is 4.74 Å². The average molecular weight is 293 g/mol. The zero-order valence-electron chi connectivity index (χ0n) is 13.3. The first kappa shape index (κ1) is 14.5. The van der Waals surface area contributed by atoms with Crippen molar-refractivity contribution in [1.29, 1.82) is 0 Å². The van der Waals surface area contributed by atoms with Crippen LogP contribution < -0.4 is 0 Å². The lowest BCUT2D eigenvalue weighted by Gasteiger charge is -2.58. The van der Waals surface area contributed by atoms with Gasteiger partial charge in [-0.1, -0.05) is 0 Å².